The van der Waals surface area contributed by atoms with E-state index in [1.54, 1.807) is 24.1 Å². The third-order valence-corrected chi connectivity index (χ3v) is 5.33. The summed E-state index contributed by atoms with van der Waals surface area (Å²) >= 11 is 0. The molecule has 3 amide bonds. The molecule has 1 aliphatic rings. The summed E-state index contributed by atoms with van der Waals surface area (Å²) in [6.07, 6.45) is 1.68. The van der Waals surface area contributed by atoms with Crippen LogP contribution in [0.1, 0.15) is 12.2 Å². The van der Waals surface area contributed by atoms with Gasteiger partial charge in [-0.3, -0.25) is 14.4 Å². The lowest BCUT2D eigenvalue weighted by Crippen LogP contribution is -2.41. The van der Waals surface area contributed by atoms with Crippen molar-refractivity contribution >= 4 is 34.2 Å². The van der Waals surface area contributed by atoms with Gasteiger partial charge in [0.1, 0.15) is 5.76 Å². The minimum absolute atomic E-state index is 0.0709. The number of carbonyl (C=O) groups is 3. The Hall–Kier alpha value is -3.61. The highest BCUT2D eigenvalue weighted by Crippen LogP contribution is 2.32. The molecule has 3 aromatic rings. The Balaban J connectivity index is 1.39. The zero-order valence-corrected chi connectivity index (χ0v) is 16.7. The third-order valence-electron chi connectivity index (χ3n) is 5.33. The van der Waals surface area contributed by atoms with E-state index in [1.165, 1.54) is 11.2 Å². The number of hydrogen-bond acceptors (Lipinski definition) is 4. The summed E-state index contributed by atoms with van der Waals surface area (Å²) in [6, 6.07) is 17.2. The largest absolute Gasteiger partial charge is 0.467 e. The zero-order valence-electron chi connectivity index (χ0n) is 16.7. The Morgan fingerprint density at radius 1 is 1.13 bits per heavy atom. The van der Waals surface area contributed by atoms with Gasteiger partial charge in [0.2, 0.25) is 17.7 Å². The van der Waals surface area contributed by atoms with Crippen LogP contribution in [0.15, 0.2) is 65.3 Å². The van der Waals surface area contributed by atoms with Gasteiger partial charge in [-0.05, 0) is 23.6 Å². The minimum atomic E-state index is -0.473. The van der Waals surface area contributed by atoms with Crippen molar-refractivity contribution < 1.29 is 18.8 Å². The highest BCUT2D eigenvalue weighted by atomic mass is 16.3. The molecular formula is C23H23N3O4. The van der Waals surface area contributed by atoms with Crippen molar-refractivity contribution in [3.8, 4) is 0 Å². The quantitative estimate of drug-likeness (QED) is 0.683. The van der Waals surface area contributed by atoms with E-state index >= 15 is 0 Å². The molecule has 7 nitrogen and oxygen atoms in total. The third kappa shape index (κ3) is 4.05. The number of nitrogens with zero attached hydrogens (tertiary/aromatic N) is 2. The fourth-order valence-corrected chi connectivity index (χ4v) is 3.81. The first kappa shape index (κ1) is 19.7. The molecule has 2 heterocycles. The van der Waals surface area contributed by atoms with Crippen LogP contribution in [0.2, 0.25) is 0 Å². The lowest BCUT2D eigenvalue weighted by atomic mass is 10.1. The molecule has 154 valence electrons. The second-order valence-corrected chi connectivity index (χ2v) is 7.45. The Morgan fingerprint density at radius 2 is 1.93 bits per heavy atom. The van der Waals surface area contributed by atoms with Gasteiger partial charge in [0.25, 0.3) is 0 Å². The van der Waals surface area contributed by atoms with Gasteiger partial charge < -0.3 is 19.5 Å². The van der Waals surface area contributed by atoms with Gasteiger partial charge in [0, 0.05) is 25.4 Å². The van der Waals surface area contributed by atoms with Crippen LogP contribution in [-0.4, -0.2) is 42.8 Å². The van der Waals surface area contributed by atoms with E-state index in [4.69, 9.17) is 4.42 Å². The Morgan fingerprint density at radius 3 is 2.73 bits per heavy atom. The van der Waals surface area contributed by atoms with Gasteiger partial charge in [0.05, 0.1) is 31.0 Å². The predicted octanol–water partition coefficient (Wildman–Crippen LogP) is 2.56. The number of likely N-dealkylation sites (N-methyl/N-ethyl adjacent to an activating group) is 1. The smallest absolute Gasteiger partial charge is 0.239 e. The molecule has 1 unspecified atom stereocenters. The number of rotatable bonds is 6. The number of nitrogens with one attached hydrogen (secondary N) is 1. The van der Waals surface area contributed by atoms with Crippen molar-refractivity contribution in [3.63, 3.8) is 0 Å². The van der Waals surface area contributed by atoms with Crippen molar-refractivity contribution in [2.75, 3.05) is 25.0 Å². The van der Waals surface area contributed by atoms with Crippen LogP contribution in [0.5, 0.6) is 0 Å². The number of carbonyl (C=O) groups excluding carboxylic acids is 3. The van der Waals surface area contributed by atoms with Crippen molar-refractivity contribution in [1.29, 1.82) is 0 Å². The van der Waals surface area contributed by atoms with Crippen molar-refractivity contribution in [3.05, 3.63) is 66.6 Å². The van der Waals surface area contributed by atoms with Crippen LogP contribution in [0.4, 0.5) is 5.69 Å². The SMILES string of the molecule is CN(CC(=O)NCc1ccco1)C(=O)C1CC(=O)N(c2cccc3ccccc23)C1. The van der Waals surface area contributed by atoms with E-state index in [-0.39, 0.29) is 37.2 Å². The first-order valence-electron chi connectivity index (χ1n) is 9.85. The van der Waals surface area contributed by atoms with Crippen molar-refractivity contribution in [2.45, 2.75) is 13.0 Å². The maximum atomic E-state index is 12.8. The number of fused-ring (bicyclic) bond motifs is 1. The number of amides is 3. The Kier molecular flexibility index (Phi) is 5.52. The van der Waals surface area contributed by atoms with Crippen LogP contribution in [0.25, 0.3) is 10.8 Å². The molecule has 1 aliphatic heterocycles. The summed E-state index contributed by atoms with van der Waals surface area (Å²) < 4.78 is 5.18. The molecule has 7 heteroatoms. The second kappa shape index (κ2) is 8.41. The highest BCUT2D eigenvalue weighted by molar-refractivity contribution is 6.07. The van der Waals surface area contributed by atoms with Crippen molar-refractivity contribution in [2.24, 2.45) is 5.92 Å². The van der Waals surface area contributed by atoms with Gasteiger partial charge in [-0.2, -0.15) is 0 Å². The van der Waals surface area contributed by atoms with Gasteiger partial charge in [-0.15, -0.1) is 0 Å². The molecule has 0 radical (unpaired) electrons. The minimum Gasteiger partial charge on any atom is -0.467 e. The molecule has 1 atom stereocenters. The van der Waals surface area contributed by atoms with E-state index in [1.807, 2.05) is 42.5 Å². The van der Waals surface area contributed by atoms with Gasteiger partial charge in [-0.25, -0.2) is 0 Å². The standard InChI is InChI=1S/C23H23N3O4/c1-25(15-21(27)24-13-18-8-5-11-30-18)23(29)17-12-22(28)26(14-17)20-10-4-7-16-6-2-3-9-19(16)20/h2-11,17H,12-15H2,1H3,(H,24,27). The summed E-state index contributed by atoms with van der Waals surface area (Å²) in [6.45, 7) is 0.507. The van der Waals surface area contributed by atoms with Gasteiger partial charge in [-0.1, -0.05) is 36.4 Å². The topological polar surface area (TPSA) is 82.9 Å². The summed E-state index contributed by atoms with van der Waals surface area (Å²) in [7, 11) is 1.58. The highest BCUT2D eigenvalue weighted by Gasteiger charge is 2.37. The Labute approximate surface area is 174 Å². The monoisotopic (exact) mass is 405 g/mol. The van der Waals surface area contributed by atoms with E-state index in [9.17, 15) is 14.4 Å². The van der Waals surface area contributed by atoms with Crippen molar-refractivity contribution in [1.82, 2.24) is 10.2 Å². The first-order valence-corrected chi connectivity index (χ1v) is 9.85. The molecule has 0 saturated carbocycles. The lowest BCUT2D eigenvalue weighted by Gasteiger charge is -2.22. The molecule has 0 spiro atoms. The summed E-state index contributed by atoms with van der Waals surface area (Å²) in [4.78, 5) is 40.7. The first-order chi connectivity index (χ1) is 14.5. The predicted molar refractivity (Wildman–Crippen MR) is 113 cm³/mol. The summed E-state index contributed by atoms with van der Waals surface area (Å²) in [5.74, 6) is -0.402. The molecule has 1 fully saturated rings. The second-order valence-electron chi connectivity index (χ2n) is 7.45. The molecule has 0 bridgehead atoms. The van der Waals surface area contributed by atoms with Crippen LogP contribution >= 0.6 is 0 Å². The number of benzene rings is 2. The normalized spacial score (nSPS) is 16.1. The van der Waals surface area contributed by atoms with Gasteiger partial charge in [0.15, 0.2) is 0 Å². The van der Waals surface area contributed by atoms with Crippen LogP contribution in [-0.2, 0) is 20.9 Å². The fraction of sp³-hybridized carbons (Fsp3) is 0.261. The lowest BCUT2D eigenvalue weighted by molar-refractivity contribution is -0.138. The molecular weight excluding hydrogens is 382 g/mol. The zero-order chi connectivity index (χ0) is 21.1. The molecule has 4 rings (SSSR count). The van der Waals surface area contributed by atoms with E-state index < -0.39 is 5.92 Å². The number of anilines is 1. The molecule has 30 heavy (non-hydrogen) atoms. The van der Waals surface area contributed by atoms with Crippen LogP contribution in [0, 0.1) is 5.92 Å². The molecule has 0 aliphatic carbocycles. The van der Waals surface area contributed by atoms with Crippen LogP contribution in [0.3, 0.4) is 0 Å². The van der Waals surface area contributed by atoms with Gasteiger partial charge >= 0.3 is 0 Å². The Bertz CT molecular complexity index is 1070. The maximum absolute atomic E-state index is 12.8. The average molecular weight is 405 g/mol. The summed E-state index contributed by atoms with van der Waals surface area (Å²) in [5, 5.41) is 4.74. The number of hydrogen-bond donors (Lipinski definition) is 1. The van der Waals surface area contributed by atoms with E-state index in [2.05, 4.69) is 5.32 Å². The molecule has 1 aromatic heterocycles. The molecule has 1 saturated heterocycles. The molecule has 1 N–H and O–H groups in total. The fourth-order valence-electron chi connectivity index (χ4n) is 3.81. The molecule has 2 aromatic carbocycles. The van der Waals surface area contributed by atoms with E-state index in [0.29, 0.717) is 12.3 Å². The van der Waals surface area contributed by atoms with Crippen LogP contribution < -0.4 is 10.2 Å². The number of furan rings is 1. The maximum Gasteiger partial charge on any atom is 0.239 e. The summed E-state index contributed by atoms with van der Waals surface area (Å²) in [5.41, 5.74) is 0.812. The van der Waals surface area contributed by atoms with E-state index in [0.717, 1.165) is 16.5 Å². The average Bonchev–Trinajstić information content (AvgIpc) is 3.41.